The average Bonchev–Trinajstić information content (AvgIpc) is 3.26. The van der Waals surface area contributed by atoms with Gasteiger partial charge in [0.15, 0.2) is 5.96 Å². The van der Waals surface area contributed by atoms with Gasteiger partial charge in [-0.1, -0.05) is 6.07 Å². The van der Waals surface area contributed by atoms with E-state index in [9.17, 15) is 0 Å². The summed E-state index contributed by atoms with van der Waals surface area (Å²) in [6, 6.07) is 7.65. The van der Waals surface area contributed by atoms with E-state index in [4.69, 9.17) is 23.9 Å². The van der Waals surface area contributed by atoms with Gasteiger partial charge in [-0.3, -0.25) is 0 Å². The van der Waals surface area contributed by atoms with E-state index < -0.39 is 0 Å². The standard InChI is InChI=1S/C21H33N3O4.HI/c1-4-22-21(24-10-12-27-20(15-24)19-9-6-11-26-19)23-14-16(2)28-18-8-5-7-17(13-18)25-3;/h5,7-8,13,16,19-20H,4,6,9-12,14-15H2,1-3H3,(H,22,23);1H. The predicted molar refractivity (Wildman–Crippen MR) is 125 cm³/mol. The highest BCUT2D eigenvalue weighted by atomic mass is 127. The van der Waals surface area contributed by atoms with Gasteiger partial charge in [-0.05, 0) is 38.8 Å². The minimum absolute atomic E-state index is 0. The molecule has 0 saturated carbocycles. The second-order valence-electron chi connectivity index (χ2n) is 7.21. The number of nitrogens with zero attached hydrogens (tertiary/aromatic N) is 2. The monoisotopic (exact) mass is 519 g/mol. The summed E-state index contributed by atoms with van der Waals surface area (Å²) in [5.74, 6) is 2.49. The van der Waals surface area contributed by atoms with Crippen molar-refractivity contribution in [1.82, 2.24) is 10.2 Å². The van der Waals surface area contributed by atoms with Gasteiger partial charge in [0.05, 0.1) is 26.4 Å². The van der Waals surface area contributed by atoms with Crippen LogP contribution in [0.15, 0.2) is 29.3 Å². The first-order valence-electron chi connectivity index (χ1n) is 10.3. The molecule has 1 N–H and O–H groups in total. The van der Waals surface area contributed by atoms with E-state index in [0.29, 0.717) is 13.2 Å². The smallest absolute Gasteiger partial charge is 0.194 e. The van der Waals surface area contributed by atoms with E-state index in [1.165, 1.54) is 0 Å². The zero-order chi connectivity index (χ0) is 19.8. The lowest BCUT2D eigenvalue weighted by Crippen LogP contribution is -2.53. The van der Waals surface area contributed by atoms with Gasteiger partial charge >= 0.3 is 0 Å². The first kappa shape index (κ1) is 24.0. The lowest BCUT2D eigenvalue weighted by Gasteiger charge is -2.37. The van der Waals surface area contributed by atoms with Gasteiger partial charge in [0, 0.05) is 32.3 Å². The van der Waals surface area contributed by atoms with Gasteiger partial charge in [-0.2, -0.15) is 0 Å². The van der Waals surface area contributed by atoms with Crippen molar-refractivity contribution < 1.29 is 18.9 Å². The molecule has 2 saturated heterocycles. The van der Waals surface area contributed by atoms with Crippen molar-refractivity contribution in [2.75, 3.05) is 46.5 Å². The first-order valence-corrected chi connectivity index (χ1v) is 10.3. The summed E-state index contributed by atoms with van der Waals surface area (Å²) in [6.45, 7) is 8.70. The molecule has 164 valence electrons. The average molecular weight is 519 g/mol. The van der Waals surface area contributed by atoms with Gasteiger partial charge in [-0.15, -0.1) is 24.0 Å². The molecule has 0 spiro atoms. The molecule has 2 aliphatic rings. The van der Waals surface area contributed by atoms with Gasteiger partial charge in [-0.25, -0.2) is 4.99 Å². The van der Waals surface area contributed by atoms with Crippen LogP contribution in [-0.2, 0) is 9.47 Å². The largest absolute Gasteiger partial charge is 0.497 e. The van der Waals surface area contributed by atoms with Crippen LogP contribution in [0.25, 0.3) is 0 Å². The van der Waals surface area contributed by atoms with Crippen molar-refractivity contribution in [3.8, 4) is 11.5 Å². The number of morpholine rings is 1. The third-order valence-electron chi connectivity index (χ3n) is 4.98. The Morgan fingerprint density at radius 1 is 1.28 bits per heavy atom. The van der Waals surface area contributed by atoms with Crippen LogP contribution in [0.4, 0.5) is 0 Å². The van der Waals surface area contributed by atoms with Crippen molar-refractivity contribution in [3.05, 3.63) is 24.3 Å². The fourth-order valence-corrected chi connectivity index (χ4v) is 3.57. The third kappa shape index (κ3) is 7.18. The molecule has 1 aromatic rings. The Balaban J connectivity index is 0.00000300. The molecular formula is C21H34IN3O4. The number of aliphatic imine (C=N–C) groups is 1. The normalized spacial score (nSPS) is 23.3. The maximum atomic E-state index is 6.00. The van der Waals surface area contributed by atoms with Crippen LogP contribution in [-0.4, -0.2) is 75.7 Å². The quantitative estimate of drug-likeness (QED) is 0.340. The second kappa shape index (κ2) is 12.4. The molecule has 0 bridgehead atoms. The Labute approximate surface area is 191 Å². The maximum Gasteiger partial charge on any atom is 0.194 e. The van der Waals surface area contributed by atoms with Gasteiger partial charge < -0.3 is 29.2 Å². The van der Waals surface area contributed by atoms with E-state index in [-0.39, 0.29) is 42.3 Å². The summed E-state index contributed by atoms with van der Waals surface area (Å²) in [6.07, 6.45) is 2.48. The van der Waals surface area contributed by atoms with Crippen molar-refractivity contribution in [1.29, 1.82) is 0 Å². The number of nitrogens with one attached hydrogen (secondary N) is 1. The van der Waals surface area contributed by atoms with Crippen LogP contribution >= 0.6 is 24.0 Å². The van der Waals surface area contributed by atoms with E-state index in [1.807, 2.05) is 31.2 Å². The van der Waals surface area contributed by atoms with E-state index >= 15 is 0 Å². The second-order valence-corrected chi connectivity index (χ2v) is 7.21. The summed E-state index contributed by atoms with van der Waals surface area (Å²) >= 11 is 0. The summed E-state index contributed by atoms with van der Waals surface area (Å²) in [5, 5.41) is 3.40. The number of guanidine groups is 1. The van der Waals surface area contributed by atoms with Crippen LogP contribution in [0.2, 0.25) is 0 Å². The Bertz CT molecular complexity index is 640. The Kier molecular flexibility index (Phi) is 10.3. The predicted octanol–water partition coefficient (Wildman–Crippen LogP) is 2.93. The highest BCUT2D eigenvalue weighted by molar-refractivity contribution is 14.0. The molecule has 3 unspecified atom stereocenters. The van der Waals surface area contributed by atoms with Crippen LogP contribution in [0.3, 0.4) is 0 Å². The van der Waals surface area contributed by atoms with Crippen molar-refractivity contribution in [2.45, 2.75) is 45.0 Å². The molecule has 8 heteroatoms. The highest BCUT2D eigenvalue weighted by Gasteiger charge is 2.32. The van der Waals surface area contributed by atoms with Gasteiger partial charge in [0.2, 0.25) is 0 Å². The Morgan fingerprint density at radius 3 is 2.79 bits per heavy atom. The zero-order valence-corrected chi connectivity index (χ0v) is 20.0. The fourth-order valence-electron chi connectivity index (χ4n) is 3.57. The lowest BCUT2D eigenvalue weighted by molar-refractivity contribution is -0.0817. The van der Waals surface area contributed by atoms with Crippen molar-refractivity contribution in [2.24, 2.45) is 4.99 Å². The maximum absolute atomic E-state index is 6.00. The molecule has 0 radical (unpaired) electrons. The third-order valence-corrected chi connectivity index (χ3v) is 4.98. The Hall–Kier alpha value is -1.26. The molecule has 3 atom stereocenters. The molecule has 0 amide bonds. The minimum Gasteiger partial charge on any atom is -0.497 e. The van der Waals surface area contributed by atoms with E-state index in [2.05, 4.69) is 17.1 Å². The Morgan fingerprint density at radius 2 is 2.07 bits per heavy atom. The summed E-state index contributed by atoms with van der Waals surface area (Å²) in [5.41, 5.74) is 0. The molecule has 2 aliphatic heterocycles. The topological polar surface area (TPSA) is 64.6 Å². The van der Waals surface area contributed by atoms with Crippen LogP contribution < -0.4 is 14.8 Å². The summed E-state index contributed by atoms with van der Waals surface area (Å²) < 4.78 is 23.0. The van der Waals surface area contributed by atoms with Crippen LogP contribution in [0.5, 0.6) is 11.5 Å². The van der Waals surface area contributed by atoms with Crippen molar-refractivity contribution in [3.63, 3.8) is 0 Å². The summed E-state index contributed by atoms with van der Waals surface area (Å²) in [4.78, 5) is 7.09. The molecule has 29 heavy (non-hydrogen) atoms. The molecule has 0 aliphatic carbocycles. The minimum atomic E-state index is -0.0456. The van der Waals surface area contributed by atoms with E-state index in [0.717, 1.165) is 56.5 Å². The van der Waals surface area contributed by atoms with Crippen molar-refractivity contribution >= 4 is 29.9 Å². The molecular weight excluding hydrogens is 485 g/mol. The fraction of sp³-hybridized carbons (Fsp3) is 0.667. The number of halogens is 1. The SMILES string of the molecule is CCNC(=NCC(C)Oc1cccc(OC)c1)N1CCOC(C2CCCO2)C1.I. The molecule has 1 aromatic carbocycles. The van der Waals surface area contributed by atoms with E-state index in [1.54, 1.807) is 7.11 Å². The molecule has 3 rings (SSSR count). The number of hydrogen-bond donors (Lipinski definition) is 1. The summed E-state index contributed by atoms with van der Waals surface area (Å²) in [7, 11) is 1.65. The molecule has 0 aromatic heterocycles. The number of methoxy groups -OCH3 is 1. The van der Waals surface area contributed by atoms with Gasteiger partial charge in [0.1, 0.15) is 23.7 Å². The number of benzene rings is 1. The van der Waals surface area contributed by atoms with Crippen LogP contribution in [0.1, 0.15) is 26.7 Å². The van der Waals surface area contributed by atoms with Gasteiger partial charge in [0.25, 0.3) is 0 Å². The number of hydrogen-bond acceptors (Lipinski definition) is 5. The zero-order valence-electron chi connectivity index (χ0n) is 17.6. The molecule has 7 nitrogen and oxygen atoms in total. The molecule has 2 heterocycles. The number of ether oxygens (including phenoxy) is 4. The number of rotatable bonds is 7. The van der Waals surface area contributed by atoms with Crippen LogP contribution in [0, 0.1) is 0 Å². The molecule has 2 fully saturated rings. The highest BCUT2D eigenvalue weighted by Crippen LogP contribution is 2.22. The first-order chi connectivity index (χ1) is 13.7. The lowest BCUT2D eigenvalue weighted by atomic mass is 10.1.